The van der Waals surface area contributed by atoms with Crippen molar-refractivity contribution in [2.45, 2.75) is 11.3 Å². The maximum Gasteiger partial charge on any atom is 0.305 e. The van der Waals surface area contributed by atoms with Crippen LogP contribution in [0.4, 0.5) is 0 Å². The van der Waals surface area contributed by atoms with E-state index in [0.29, 0.717) is 10.2 Å². The number of carbonyl (C=O) groups is 2. The molecule has 9 nitrogen and oxygen atoms in total. The van der Waals surface area contributed by atoms with Gasteiger partial charge in [0.2, 0.25) is 21.8 Å². The van der Waals surface area contributed by atoms with Gasteiger partial charge in [-0.3, -0.25) is 14.4 Å². The molecule has 0 saturated carbocycles. The van der Waals surface area contributed by atoms with Crippen LogP contribution in [0, 0.1) is 0 Å². The summed E-state index contributed by atoms with van der Waals surface area (Å²) in [6.45, 7) is 0.682. The quantitative estimate of drug-likeness (QED) is 0.547. The van der Waals surface area contributed by atoms with Crippen LogP contribution in [-0.2, 0) is 26.0 Å². The summed E-state index contributed by atoms with van der Waals surface area (Å²) >= 11 is 0.960. The number of hydrogen-bond donors (Lipinski definition) is 2. The predicted molar refractivity (Wildman–Crippen MR) is 121 cm³/mol. The van der Waals surface area contributed by atoms with E-state index in [1.165, 1.54) is 16.4 Å². The molecule has 0 atom stereocenters. The number of rotatable bonds is 6. The van der Waals surface area contributed by atoms with Crippen LogP contribution in [0.2, 0.25) is 0 Å². The Labute approximate surface area is 188 Å². The average Bonchev–Trinajstić information content (AvgIpc) is 3.17. The maximum absolute atomic E-state index is 13.0. The number of hydrogen-bond acceptors (Lipinski definition) is 6. The predicted octanol–water partition coefficient (Wildman–Crippen LogP) is 0.781. The van der Waals surface area contributed by atoms with Crippen molar-refractivity contribution in [3.63, 3.8) is 0 Å². The number of piperazine rings is 1. The normalized spacial score (nSPS) is 15.1. The van der Waals surface area contributed by atoms with Gasteiger partial charge in [0.15, 0.2) is 0 Å². The Kier molecular flexibility index (Phi) is 6.40. The molecular formula is C21H22N4O5S2. The molecule has 11 heteroatoms. The first-order valence-electron chi connectivity index (χ1n) is 10.0. The highest BCUT2D eigenvalue weighted by Gasteiger charge is 2.30. The highest BCUT2D eigenvalue weighted by atomic mass is 32.2. The van der Waals surface area contributed by atoms with Crippen LogP contribution in [0.1, 0.15) is 5.56 Å². The van der Waals surface area contributed by atoms with E-state index in [4.69, 9.17) is 0 Å². The molecule has 1 aliphatic heterocycles. The second-order valence-corrected chi connectivity index (χ2v) is 10.3. The Morgan fingerprint density at radius 2 is 1.75 bits per heavy atom. The summed E-state index contributed by atoms with van der Waals surface area (Å²) in [6, 6.07) is 13.8. The second-order valence-electron chi connectivity index (χ2n) is 7.40. The first-order valence-corrected chi connectivity index (χ1v) is 12.3. The van der Waals surface area contributed by atoms with Crippen molar-refractivity contribution in [3.05, 3.63) is 63.8 Å². The largest absolute Gasteiger partial charge is 0.347 e. The van der Waals surface area contributed by atoms with E-state index in [1.54, 1.807) is 11.0 Å². The van der Waals surface area contributed by atoms with Crippen molar-refractivity contribution in [3.8, 4) is 0 Å². The lowest BCUT2D eigenvalue weighted by Gasteiger charge is -2.34. The molecule has 1 aliphatic rings. The van der Waals surface area contributed by atoms with Crippen LogP contribution < -0.4 is 10.2 Å². The minimum Gasteiger partial charge on any atom is -0.347 e. The number of benzene rings is 2. The molecule has 3 aromatic rings. The van der Waals surface area contributed by atoms with Crippen LogP contribution in [0.25, 0.3) is 10.2 Å². The van der Waals surface area contributed by atoms with E-state index >= 15 is 0 Å². The van der Waals surface area contributed by atoms with Crippen molar-refractivity contribution in [1.82, 2.24) is 19.5 Å². The number of nitrogens with zero attached hydrogens (tertiary/aromatic N) is 2. The number of H-pyrrole nitrogens is 1. The molecule has 0 bridgehead atoms. The SMILES string of the molecule is O=C(Cc1ccccc1)NCC(=O)N1CCN(S(=O)(=O)c2ccc3[nH]c(=O)sc3c2)CC1. The van der Waals surface area contributed by atoms with Crippen molar-refractivity contribution in [2.75, 3.05) is 32.7 Å². The van der Waals surface area contributed by atoms with Crippen LogP contribution in [0.5, 0.6) is 0 Å². The zero-order valence-corrected chi connectivity index (χ0v) is 18.7. The second kappa shape index (κ2) is 9.23. The highest BCUT2D eigenvalue weighted by Crippen LogP contribution is 2.23. The van der Waals surface area contributed by atoms with Crippen LogP contribution in [0.3, 0.4) is 0 Å². The summed E-state index contributed by atoms with van der Waals surface area (Å²) in [5.41, 5.74) is 1.46. The summed E-state index contributed by atoms with van der Waals surface area (Å²) in [4.78, 5) is 40.0. The fourth-order valence-electron chi connectivity index (χ4n) is 3.54. The van der Waals surface area contributed by atoms with Crippen LogP contribution in [-0.4, -0.2) is 67.1 Å². The average molecular weight is 475 g/mol. The van der Waals surface area contributed by atoms with Crippen LogP contribution in [0.15, 0.2) is 58.2 Å². The number of carbonyl (C=O) groups excluding carboxylic acids is 2. The van der Waals surface area contributed by atoms with Gasteiger partial charge in [0.05, 0.1) is 28.1 Å². The molecule has 1 fully saturated rings. The number of sulfonamides is 1. The maximum atomic E-state index is 13.0. The number of fused-ring (bicyclic) bond motifs is 1. The summed E-state index contributed by atoms with van der Waals surface area (Å²) in [7, 11) is -3.74. The Morgan fingerprint density at radius 3 is 2.47 bits per heavy atom. The fraction of sp³-hybridized carbons (Fsp3) is 0.286. The fourth-order valence-corrected chi connectivity index (χ4v) is 5.84. The molecule has 2 heterocycles. The van der Waals surface area contributed by atoms with Crippen molar-refractivity contribution in [2.24, 2.45) is 0 Å². The van der Waals surface area contributed by atoms with Gasteiger partial charge >= 0.3 is 4.87 Å². The third-order valence-electron chi connectivity index (χ3n) is 5.27. The zero-order valence-electron chi connectivity index (χ0n) is 17.1. The third kappa shape index (κ3) is 4.90. The lowest BCUT2D eigenvalue weighted by molar-refractivity contribution is -0.133. The van der Waals surface area contributed by atoms with Gasteiger partial charge in [-0.05, 0) is 23.8 Å². The first-order chi connectivity index (χ1) is 15.3. The minimum absolute atomic E-state index is 0.119. The van der Waals surface area contributed by atoms with Crippen molar-refractivity contribution >= 4 is 43.4 Å². The molecule has 2 aromatic carbocycles. The van der Waals surface area contributed by atoms with Gasteiger partial charge in [0, 0.05) is 26.2 Å². The zero-order chi connectivity index (χ0) is 22.7. The van der Waals surface area contributed by atoms with Crippen molar-refractivity contribution < 1.29 is 18.0 Å². The third-order valence-corrected chi connectivity index (χ3v) is 8.01. The van der Waals surface area contributed by atoms with Gasteiger partial charge in [-0.25, -0.2) is 8.42 Å². The molecule has 168 valence electrons. The number of amides is 2. The van der Waals surface area contributed by atoms with E-state index < -0.39 is 10.0 Å². The Balaban J connectivity index is 1.31. The van der Waals surface area contributed by atoms with Gasteiger partial charge < -0.3 is 15.2 Å². The number of thiazole rings is 1. The smallest absolute Gasteiger partial charge is 0.305 e. The molecule has 2 N–H and O–H groups in total. The van der Waals surface area contributed by atoms with Crippen molar-refractivity contribution in [1.29, 1.82) is 0 Å². The summed E-state index contributed by atoms with van der Waals surface area (Å²) in [5, 5.41) is 2.63. The minimum atomic E-state index is -3.74. The standard InChI is InChI=1S/C21H22N4O5S2/c26-19(12-15-4-2-1-3-5-15)22-14-20(27)24-8-10-25(11-9-24)32(29,30)16-6-7-17-18(13-16)31-21(28)23-17/h1-7,13H,8-12,14H2,(H,22,26)(H,23,28). The van der Waals surface area contributed by atoms with Gasteiger partial charge in [0.1, 0.15) is 0 Å². The number of nitrogens with one attached hydrogen (secondary N) is 2. The molecule has 0 spiro atoms. The molecule has 32 heavy (non-hydrogen) atoms. The molecule has 0 radical (unpaired) electrons. The van der Waals surface area contributed by atoms with E-state index in [9.17, 15) is 22.8 Å². The van der Waals surface area contributed by atoms with E-state index in [-0.39, 0.29) is 60.7 Å². The van der Waals surface area contributed by atoms with Crippen LogP contribution >= 0.6 is 11.3 Å². The van der Waals surface area contributed by atoms with E-state index in [0.717, 1.165) is 16.9 Å². The lowest BCUT2D eigenvalue weighted by Crippen LogP contribution is -2.52. The monoisotopic (exact) mass is 474 g/mol. The topological polar surface area (TPSA) is 120 Å². The van der Waals surface area contributed by atoms with E-state index in [2.05, 4.69) is 10.3 Å². The molecule has 1 saturated heterocycles. The highest BCUT2D eigenvalue weighted by molar-refractivity contribution is 7.89. The summed E-state index contributed by atoms with van der Waals surface area (Å²) in [5.74, 6) is -0.491. The summed E-state index contributed by atoms with van der Waals surface area (Å²) in [6.07, 6.45) is 0.195. The molecule has 0 unspecified atom stereocenters. The Morgan fingerprint density at radius 1 is 1.03 bits per heavy atom. The summed E-state index contributed by atoms with van der Waals surface area (Å²) < 4.78 is 27.9. The van der Waals surface area contributed by atoms with Gasteiger partial charge in [0.25, 0.3) is 0 Å². The van der Waals surface area contributed by atoms with Gasteiger partial charge in [-0.15, -0.1) is 0 Å². The lowest BCUT2D eigenvalue weighted by atomic mass is 10.1. The first kappa shape index (κ1) is 22.2. The molecular weight excluding hydrogens is 452 g/mol. The number of aromatic nitrogens is 1. The Hall–Kier alpha value is -3.02. The molecule has 0 aliphatic carbocycles. The van der Waals surface area contributed by atoms with Gasteiger partial charge in [-0.1, -0.05) is 41.7 Å². The molecule has 4 rings (SSSR count). The molecule has 1 aromatic heterocycles. The Bertz CT molecular complexity index is 1290. The van der Waals surface area contributed by atoms with Gasteiger partial charge in [-0.2, -0.15) is 4.31 Å². The molecule has 2 amide bonds. The van der Waals surface area contributed by atoms with E-state index in [1.807, 2.05) is 30.3 Å². The number of aromatic amines is 1.